The number of rotatable bonds is 6. The van der Waals surface area contributed by atoms with Crippen LogP contribution in [0.4, 0.5) is 5.69 Å². The van der Waals surface area contributed by atoms with Gasteiger partial charge in [-0.15, -0.1) is 0 Å². The molecule has 1 aromatic heterocycles. The number of para-hydroxylation sites is 1. The van der Waals surface area contributed by atoms with Crippen molar-refractivity contribution < 1.29 is 4.92 Å². The Balaban J connectivity index is 2.18. The van der Waals surface area contributed by atoms with Crippen molar-refractivity contribution in [2.45, 2.75) is 6.54 Å². The molecule has 0 bridgehead atoms. The minimum Gasteiger partial charge on any atom is -0.356 e. The number of halogens is 1. The number of aromatic nitrogens is 1. The van der Waals surface area contributed by atoms with E-state index < -0.39 is 4.92 Å². The summed E-state index contributed by atoms with van der Waals surface area (Å²) in [5.74, 6) is 0.253. The Bertz CT molecular complexity index is 775. The Morgan fingerprint density at radius 3 is 2.64 bits per heavy atom. The number of nitrogens with one attached hydrogen (secondary N) is 1. The molecule has 0 saturated heterocycles. The van der Waals surface area contributed by atoms with Crippen molar-refractivity contribution in [1.82, 2.24) is 9.88 Å². The average molecular weight is 360 g/mol. The minimum atomic E-state index is -0.463. The Morgan fingerprint density at radius 1 is 1.36 bits per heavy atom. The largest absolute Gasteiger partial charge is 0.356 e. The van der Waals surface area contributed by atoms with Crippen LogP contribution in [-0.4, -0.2) is 34.7 Å². The topological polar surface area (TPSA) is 83.7 Å². The third kappa shape index (κ3) is 5.29. The summed E-state index contributed by atoms with van der Waals surface area (Å²) in [6.07, 6.45) is 2.97. The molecule has 0 fully saturated rings. The summed E-state index contributed by atoms with van der Waals surface area (Å²) in [4.78, 5) is 20.8. The van der Waals surface area contributed by atoms with Gasteiger partial charge in [-0.2, -0.15) is 0 Å². The molecular weight excluding hydrogens is 342 g/mol. The molecule has 25 heavy (non-hydrogen) atoms. The van der Waals surface area contributed by atoms with E-state index in [9.17, 15) is 10.1 Å². The molecule has 1 aromatic carbocycles. The Hall–Kier alpha value is -2.93. The quantitative estimate of drug-likeness (QED) is 0.281. The molecule has 0 aliphatic rings. The van der Waals surface area contributed by atoms with Crippen LogP contribution in [0.25, 0.3) is 0 Å². The highest BCUT2D eigenvalue weighted by Crippen LogP contribution is 2.12. The minimum absolute atomic E-state index is 0.129. The number of likely N-dealkylation sites (N-methyl/N-ethyl adjacent to an activating group) is 1. The van der Waals surface area contributed by atoms with Crippen LogP contribution in [0.15, 0.2) is 65.6 Å². The Morgan fingerprint density at radius 2 is 2.08 bits per heavy atom. The molecule has 0 amide bonds. The Labute approximate surface area is 150 Å². The van der Waals surface area contributed by atoms with E-state index in [0.29, 0.717) is 11.7 Å². The highest BCUT2D eigenvalue weighted by atomic mass is 35.5. The van der Waals surface area contributed by atoms with E-state index in [0.717, 1.165) is 11.3 Å². The lowest BCUT2D eigenvalue weighted by molar-refractivity contribution is -0.416. The fourth-order valence-electron chi connectivity index (χ4n) is 2.21. The van der Waals surface area contributed by atoms with Gasteiger partial charge in [-0.1, -0.05) is 35.9 Å². The molecule has 7 nitrogen and oxygen atoms in total. The SMILES string of the molecule is CN=C(/C(=C/Nc1ccccc1)[N+](=O)[O-])N(C)Cc1ccc(Cl)nc1. The number of aliphatic imine (C=N–C) groups is 1. The number of pyridine rings is 1. The average Bonchev–Trinajstić information content (AvgIpc) is 2.61. The molecule has 0 aliphatic carbocycles. The molecule has 2 rings (SSSR count). The van der Waals surface area contributed by atoms with Gasteiger partial charge in [0.1, 0.15) is 5.15 Å². The van der Waals surface area contributed by atoms with Crippen molar-refractivity contribution in [2.75, 3.05) is 19.4 Å². The van der Waals surface area contributed by atoms with Crippen molar-refractivity contribution in [3.05, 3.63) is 81.4 Å². The maximum absolute atomic E-state index is 11.5. The number of anilines is 1. The van der Waals surface area contributed by atoms with Gasteiger partial charge in [-0.25, -0.2) is 4.98 Å². The van der Waals surface area contributed by atoms with Gasteiger partial charge in [0.2, 0.25) is 5.84 Å². The normalized spacial score (nSPS) is 12.0. The zero-order chi connectivity index (χ0) is 18.2. The third-order valence-electron chi connectivity index (χ3n) is 3.36. The summed E-state index contributed by atoms with van der Waals surface area (Å²) in [5.41, 5.74) is 1.49. The second-order valence-corrected chi connectivity index (χ2v) is 5.58. The van der Waals surface area contributed by atoms with Gasteiger partial charge in [0.25, 0.3) is 0 Å². The molecule has 130 valence electrons. The van der Waals surface area contributed by atoms with Gasteiger partial charge in [-0.05, 0) is 23.8 Å². The summed E-state index contributed by atoms with van der Waals surface area (Å²) >= 11 is 5.77. The van der Waals surface area contributed by atoms with Gasteiger partial charge in [-0.3, -0.25) is 15.1 Å². The Kier molecular flexibility index (Phi) is 6.47. The first-order valence-corrected chi connectivity index (χ1v) is 7.84. The summed E-state index contributed by atoms with van der Waals surface area (Å²) in [6.45, 7) is 0.410. The number of hydrogen-bond donors (Lipinski definition) is 1. The molecule has 0 atom stereocenters. The van der Waals surface area contributed by atoms with Crippen LogP contribution in [0.2, 0.25) is 5.15 Å². The number of benzene rings is 1. The summed E-state index contributed by atoms with van der Waals surface area (Å²) in [5, 5.41) is 14.8. The number of hydrogen-bond acceptors (Lipinski definition) is 5. The van der Waals surface area contributed by atoms with Crippen LogP contribution in [0, 0.1) is 10.1 Å². The van der Waals surface area contributed by atoms with Crippen LogP contribution < -0.4 is 5.32 Å². The number of nitrogens with zero attached hydrogens (tertiary/aromatic N) is 4. The fraction of sp³-hybridized carbons (Fsp3) is 0.176. The lowest BCUT2D eigenvalue weighted by Gasteiger charge is -2.19. The van der Waals surface area contributed by atoms with Gasteiger partial charge in [0.05, 0.1) is 11.1 Å². The van der Waals surface area contributed by atoms with Gasteiger partial charge in [0, 0.05) is 32.5 Å². The smallest absolute Gasteiger partial charge is 0.326 e. The molecular formula is C17H18ClN5O2. The van der Waals surface area contributed by atoms with Crippen molar-refractivity contribution in [2.24, 2.45) is 4.99 Å². The van der Waals surface area contributed by atoms with Crippen LogP contribution >= 0.6 is 11.6 Å². The predicted octanol–water partition coefficient (Wildman–Crippen LogP) is 3.43. The first-order chi connectivity index (χ1) is 12.0. The van der Waals surface area contributed by atoms with Gasteiger partial charge < -0.3 is 10.2 Å². The van der Waals surface area contributed by atoms with Crippen molar-refractivity contribution in [3.8, 4) is 0 Å². The van der Waals surface area contributed by atoms with E-state index in [1.165, 1.54) is 13.2 Å². The van der Waals surface area contributed by atoms with Crippen molar-refractivity contribution in [3.63, 3.8) is 0 Å². The molecule has 0 aliphatic heterocycles. The molecule has 0 radical (unpaired) electrons. The molecule has 8 heteroatoms. The van der Waals surface area contributed by atoms with Crippen LogP contribution in [0.1, 0.15) is 5.56 Å². The monoisotopic (exact) mass is 359 g/mol. The molecule has 1 heterocycles. The van der Waals surface area contributed by atoms with E-state index in [2.05, 4.69) is 15.3 Å². The van der Waals surface area contributed by atoms with E-state index >= 15 is 0 Å². The lowest BCUT2D eigenvalue weighted by atomic mass is 10.2. The van der Waals surface area contributed by atoms with E-state index in [1.54, 1.807) is 24.2 Å². The third-order valence-corrected chi connectivity index (χ3v) is 3.58. The molecule has 2 aromatic rings. The standard InChI is InChI=1S/C17H18ClN5O2/c1-19-17(22(2)12-13-8-9-16(18)21-10-13)15(23(24)25)11-20-14-6-4-3-5-7-14/h3-11,20H,12H2,1-2H3/b15-11-,19-17?. The number of nitro groups is 1. The van der Waals surface area contributed by atoms with E-state index in [-0.39, 0.29) is 11.5 Å². The molecule has 0 saturated carbocycles. The first kappa shape index (κ1) is 18.4. The molecule has 0 spiro atoms. The first-order valence-electron chi connectivity index (χ1n) is 7.46. The second-order valence-electron chi connectivity index (χ2n) is 5.19. The maximum Gasteiger partial charge on any atom is 0.326 e. The van der Waals surface area contributed by atoms with Crippen LogP contribution in [0.5, 0.6) is 0 Å². The zero-order valence-electron chi connectivity index (χ0n) is 13.9. The second kappa shape index (κ2) is 8.79. The highest BCUT2D eigenvalue weighted by molar-refractivity contribution is 6.29. The van der Waals surface area contributed by atoms with Gasteiger partial charge >= 0.3 is 5.70 Å². The van der Waals surface area contributed by atoms with Crippen molar-refractivity contribution >= 4 is 23.1 Å². The van der Waals surface area contributed by atoms with Gasteiger partial charge in [0.15, 0.2) is 0 Å². The summed E-state index contributed by atoms with van der Waals surface area (Å²) in [6, 6.07) is 12.7. The highest BCUT2D eigenvalue weighted by Gasteiger charge is 2.23. The zero-order valence-corrected chi connectivity index (χ0v) is 14.6. The van der Waals surface area contributed by atoms with Crippen LogP contribution in [0.3, 0.4) is 0 Å². The summed E-state index contributed by atoms with van der Waals surface area (Å²) in [7, 11) is 3.25. The lowest BCUT2D eigenvalue weighted by Crippen LogP contribution is -2.31. The number of amidine groups is 1. The molecule has 1 N–H and O–H groups in total. The summed E-state index contributed by atoms with van der Waals surface area (Å²) < 4.78 is 0. The molecule has 0 unspecified atom stereocenters. The van der Waals surface area contributed by atoms with E-state index in [1.807, 2.05) is 36.4 Å². The maximum atomic E-state index is 11.5. The predicted molar refractivity (Wildman–Crippen MR) is 99.2 cm³/mol. The van der Waals surface area contributed by atoms with E-state index in [4.69, 9.17) is 11.6 Å². The fourth-order valence-corrected chi connectivity index (χ4v) is 2.33. The van der Waals surface area contributed by atoms with Crippen LogP contribution in [-0.2, 0) is 6.54 Å². The van der Waals surface area contributed by atoms with Crippen molar-refractivity contribution in [1.29, 1.82) is 0 Å².